The first-order valence-electron chi connectivity index (χ1n) is 6.39. The molecule has 0 atom stereocenters. The Kier molecular flexibility index (Phi) is 3.70. The van der Waals surface area contributed by atoms with Gasteiger partial charge in [-0.1, -0.05) is 37.6 Å². The lowest BCUT2D eigenvalue weighted by Crippen LogP contribution is -2.15. The summed E-state index contributed by atoms with van der Waals surface area (Å²) in [5.41, 5.74) is 6.66. The molecule has 23 heavy (non-hydrogen) atoms. The fourth-order valence-electron chi connectivity index (χ4n) is 1.92. The summed E-state index contributed by atoms with van der Waals surface area (Å²) in [6.45, 7) is -0.0121. The third kappa shape index (κ3) is 4.20. The van der Waals surface area contributed by atoms with E-state index >= 15 is 0 Å². The molecule has 4 N–H and O–H groups in total. The van der Waals surface area contributed by atoms with Crippen LogP contribution in [0.25, 0.3) is 0 Å². The predicted molar refractivity (Wildman–Crippen MR) is 83.4 cm³/mol. The normalized spacial score (nSPS) is 14.7. The van der Waals surface area contributed by atoms with Crippen molar-refractivity contribution in [1.82, 2.24) is 0 Å². The van der Waals surface area contributed by atoms with Gasteiger partial charge in [0.25, 0.3) is 0 Å². The summed E-state index contributed by atoms with van der Waals surface area (Å²) in [6, 6.07) is 9.08. The fraction of sp³-hybridized carbons (Fsp3) is 0.0714. The highest BCUT2D eigenvalue weighted by Gasteiger charge is 2.65. The van der Waals surface area contributed by atoms with Gasteiger partial charge in [0.05, 0.1) is 5.71 Å². The molecular formula is C14H14F5N3S. The number of para-hydroxylation sites is 1. The first kappa shape index (κ1) is 17.2. The first-order valence-corrected chi connectivity index (χ1v) is 8.34. The molecule has 0 amide bonds. The molecule has 9 heteroatoms. The number of halogens is 5. The second-order valence-electron chi connectivity index (χ2n) is 4.85. The zero-order chi connectivity index (χ0) is 17.4. The van der Waals surface area contributed by atoms with Gasteiger partial charge in [-0.05, 0) is 30.3 Å². The van der Waals surface area contributed by atoms with Gasteiger partial charge >= 0.3 is 10.2 Å². The Hall–Kier alpha value is -2.13. The number of benzene rings is 2. The van der Waals surface area contributed by atoms with E-state index in [0.29, 0.717) is 23.4 Å². The summed E-state index contributed by atoms with van der Waals surface area (Å²) >= 11 is 0. The van der Waals surface area contributed by atoms with Crippen molar-refractivity contribution >= 4 is 27.3 Å². The van der Waals surface area contributed by atoms with E-state index in [4.69, 9.17) is 11.1 Å². The Morgan fingerprint density at radius 1 is 0.957 bits per heavy atom. The molecule has 0 aliphatic heterocycles. The zero-order valence-electron chi connectivity index (χ0n) is 11.7. The molecule has 0 saturated carbocycles. The van der Waals surface area contributed by atoms with Crippen molar-refractivity contribution in [3.05, 3.63) is 54.1 Å². The van der Waals surface area contributed by atoms with Crippen molar-refractivity contribution in [2.75, 3.05) is 11.9 Å². The SMILES string of the molecule is N=C(CN)c1ccccc1Nc1ccc(S(F)(F)(F)(F)F)cc1. The molecule has 0 aliphatic carbocycles. The molecule has 0 aliphatic rings. The molecule has 0 unspecified atom stereocenters. The highest BCUT2D eigenvalue weighted by Crippen LogP contribution is 3.02. The van der Waals surface area contributed by atoms with Gasteiger partial charge in [-0.25, -0.2) is 0 Å². The highest BCUT2D eigenvalue weighted by molar-refractivity contribution is 8.45. The minimum Gasteiger partial charge on any atom is -0.355 e. The average Bonchev–Trinajstić information content (AvgIpc) is 2.45. The van der Waals surface area contributed by atoms with Crippen LogP contribution in [0.1, 0.15) is 5.56 Å². The fourth-order valence-corrected chi connectivity index (χ4v) is 2.57. The molecule has 0 bridgehead atoms. The quantitative estimate of drug-likeness (QED) is 0.498. The van der Waals surface area contributed by atoms with Gasteiger partial charge in [0.15, 0.2) is 0 Å². The van der Waals surface area contributed by atoms with Crippen molar-refractivity contribution in [1.29, 1.82) is 5.41 Å². The topological polar surface area (TPSA) is 61.9 Å². The number of rotatable bonds is 5. The van der Waals surface area contributed by atoms with E-state index in [9.17, 15) is 19.4 Å². The van der Waals surface area contributed by atoms with E-state index in [0.717, 1.165) is 12.1 Å². The smallest absolute Gasteiger partial charge is 0.310 e. The van der Waals surface area contributed by atoms with E-state index in [2.05, 4.69) is 5.32 Å². The van der Waals surface area contributed by atoms with E-state index in [-0.39, 0.29) is 17.9 Å². The Morgan fingerprint density at radius 2 is 1.52 bits per heavy atom. The molecule has 3 nitrogen and oxygen atoms in total. The maximum Gasteiger partial charge on any atom is 0.310 e. The van der Waals surface area contributed by atoms with Gasteiger partial charge in [-0.3, -0.25) is 0 Å². The van der Waals surface area contributed by atoms with Gasteiger partial charge in [0, 0.05) is 23.5 Å². The molecular weight excluding hydrogens is 337 g/mol. The van der Waals surface area contributed by atoms with Gasteiger partial charge < -0.3 is 16.5 Å². The molecule has 0 heterocycles. The van der Waals surface area contributed by atoms with Crippen LogP contribution in [0, 0.1) is 5.41 Å². The predicted octanol–water partition coefficient (Wildman–Crippen LogP) is 5.41. The third-order valence-electron chi connectivity index (χ3n) is 3.04. The van der Waals surface area contributed by atoms with Crippen LogP contribution in [0.4, 0.5) is 30.8 Å². The summed E-state index contributed by atoms with van der Waals surface area (Å²) in [7, 11) is -9.67. The Labute approximate surface area is 129 Å². The molecule has 126 valence electrons. The molecule has 0 aromatic heterocycles. The number of anilines is 2. The Bertz CT molecular complexity index is 741. The second kappa shape index (κ2) is 4.93. The standard InChI is InChI=1S/C14H14F5N3S/c15-23(16,17,18,19)11-7-5-10(6-8-11)22-14-4-2-1-3-12(14)13(21)9-20/h1-8,21-22H,9,20H2. The minimum atomic E-state index is -9.67. The van der Waals surface area contributed by atoms with Crippen molar-refractivity contribution in [2.24, 2.45) is 5.73 Å². The summed E-state index contributed by atoms with van der Waals surface area (Å²) in [5, 5.41) is 10.5. The summed E-state index contributed by atoms with van der Waals surface area (Å²) in [5.74, 6) is 0. The van der Waals surface area contributed by atoms with E-state index < -0.39 is 15.1 Å². The van der Waals surface area contributed by atoms with Gasteiger partial charge in [0.2, 0.25) is 0 Å². The monoisotopic (exact) mass is 351 g/mol. The highest BCUT2D eigenvalue weighted by atomic mass is 32.5. The molecule has 0 saturated heterocycles. The zero-order valence-corrected chi connectivity index (χ0v) is 12.5. The van der Waals surface area contributed by atoms with Crippen molar-refractivity contribution in [2.45, 2.75) is 4.90 Å². The molecule has 2 rings (SSSR count). The van der Waals surface area contributed by atoms with Crippen LogP contribution >= 0.6 is 10.2 Å². The second-order valence-corrected chi connectivity index (χ2v) is 7.26. The summed E-state index contributed by atoms with van der Waals surface area (Å²) in [4.78, 5) is -1.95. The van der Waals surface area contributed by atoms with Crippen molar-refractivity contribution in [3.63, 3.8) is 0 Å². The average molecular weight is 351 g/mol. The third-order valence-corrected chi connectivity index (χ3v) is 4.20. The molecule has 0 spiro atoms. The summed E-state index contributed by atoms with van der Waals surface area (Å²) in [6.07, 6.45) is 0. The lowest BCUT2D eigenvalue weighted by molar-refractivity contribution is 0.364. The van der Waals surface area contributed by atoms with E-state index in [1.54, 1.807) is 24.3 Å². The molecule has 2 aromatic rings. The van der Waals surface area contributed by atoms with Crippen LogP contribution in [0.5, 0.6) is 0 Å². The van der Waals surface area contributed by atoms with E-state index in [1.807, 2.05) is 0 Å². The largest absolute Gasteiger partial charge is 0.355 e. The van der Waals surface area contributed by atoms with Crippen LogP contribution in [0.15, 0.2) is 53.4 Å². The maximum absolute atomic E-state index is 12.7. The molecule has 0 radical (unpaired) electrons. The van der Waals surface area contributed by atoms with Gasteiger partial charge in [0.1, 0.15) is 4.90 Å². The van der Waals surface area contributed by atoms with Crippen LogP contribution in [-0.2, 0) is 0 Å². The number of hydrogen-bond donors (Lipinski definition) is 3. The van der Waals surface area contributed by atoms with Crippen molar-refractivity contribution in [3.8, 4) is 0 Å². The van der Waals surface area contributed by atoms with Crippen LogP contribution in [0.3, 0.4) is 0 Å². The Balaban J connectivity index is 2.32. The lowest BCUT2D eigenvalue weighted by atomic mass is 10.1. The van der Waals surface area contributed by atoms with Crippen molar-refractivity contribution < 1.29 is 19.4 Å². The molecule has 0 fully saturated rings. The summed E-state index contributed by atoms with van der Waals surface area (Å²) < 4.78 is 63.3. The minimum absolute atomic E-state index is 0.0121. The van der Waals surface area contributed by atoms with Gasteiger partial charge in [-0.15, -0.1) is 0 Å². The molecule has 2 aromatic carbocycles. The van der Waals surface area contributed by atoms with Crippen LogP contribution in [-0.4, -0.2) is 12.3 Å². The number of hydrogen-bond acceptors (Lipinski definition) is 3. The van der Waals surface area contributed by atoms with E-state index in [1.165, 1.54) is 0 Å². The van der Waals surface area contributed by atoms with Crippen LogP contribution < -0.4 is 11.1 Å². The number of nitrogens with two attached hydrogens (primary N) is 1. The Morgan fingerprint density at radius 3 is 2.04 bits per heavy atom. The first-order chi connectivity index (χ1) is 10.4. The maximum atomic E-state index is 12.7. The van der Waals surface area contributed by atoms with Crippen LogP contribution in [0.2, 0.25) is 0 Å². The lowest BCUT2D eigenvalue weighted by Gasteiger charge is -2.40. The number of nitrogens with one attached hydrogen (secondary N) is 2. The van der Waals surface area contributed by atoms with Gasteiger partial charge in [-0.2, -0.15) is 0 Å².